The molecule has 1 aromatic carbocycles. The summed E-state index contributed by atoms with van der Waals surface area (Å²) in [5.41, 5.74) is 2.01. The molecule has 1 N–H and O–H groups in total. The van der Waals surface area contributed by atoms with Crippen LogP contribution in [0, 0.1) is 12.7 Å². The lowest BCUT2D eigenvalue weighted by molar-refractivity contribution is -0.131. The fraction of sp³-hybridized carbons (Fsp3) is 0.133. The van der Waals surface area contributed by atoms with Gasteiger partial charge in [0.1, 0.15) is 5.82 Å². The molecule has 0 aliphatic heterocycles. The van der Waals surface area contributed by atoms with Gasteiger partial charge in [-0.25, -0.2) is 19.2 Å². The number of carbonyl (C=O) groups is 1. The lowest BCUT2D eigenvalue weighted by Gasteiger charge is -2.04. The minimum Gasteiger partial charge on any atom is -0.478 e. The van der Waals surface area contributed by atoms with Crippen molar-refractivity contribution in [3.8, 4) is 0 Å². The molecule has 0 bridgehead atoms. The highest BCUT2D eigenvalue weighted by molar-refractivity contribution is 7.98. The van der Waals surface area contributed by atoms with E-state index in [9.17, 15) is 9.18 Å². The van der Waals surface area contributed by atoms with Crippen LogP contribution in [0.1, 0.15) is 16.8 Å². The number of aromatic nitrogens is 2. The monoisotopic (exact) mass is 304 g/mol. The van der Waals surface area contributed by atoms with Crippen LogP contribution >= 0.6 is 11.8 Å². The van der Waals surface area contributed by atoms with E-state index in [-0.39, 0.29) is 5.56 Å². The summed E-state index contributed by atoms with van der Waals surface area (Å²) in [6, 6.07) is 6.43. The highest BCUT2D eigenvalue weighted by Crippen LogP contribution is 2.21. The summed E-state index contributed by atoms with van der Waals surface area (Å²) in [6.45, 7) is 1.89. The molecule has 1 aromatic heterocycles. The third-order valence-corrected chi connectivity index (χ3v) is 3.54. The third kappa shape index (κ3) is 4.68. The molecule has 2 rings (SSSR count). The SMILES string of the molecule is Cc1ccnc(SCc2ccc(F)c(C=CC(=O)O)c2)n1. The molecule has 0 fully saturated rings. The maximum atomic E-state index is 13.6. The predicted molar refractivity (Wildman–Crippen MR) is 79.4 cm³/mol. The van der Waals surface area contributed by atoms with Gasteiger partial charge in [-0.05, 0) is 36.8 Å². The van der Waals surface area contributed by atoms with Crippen LogP contribution in [0.15, 0.2) is 41.7 Å². The van der Waals surface area contributed by atoms with E-state index in [1.807, 2.05) is 13.0 Å². The van der Waals surface area contributed by atoms with Gasteiger partial charge in [0.2, 0.25) is 0 Å². The van der Waals surface area contributed by atoms with Crippen LogP contribution in [-0.4, -0.2) is 21.0 Å². The van der Waals surface area contributed by atoms with Crippen LogP contribution in [-0.2, 0) is 10.5 Å². The Hall–Kier alpha value is -2.21. The average molecular weight is 304 g/mol. The molecular weight excluding hydrogens is 291 g/mol. The molecule has 0 unspecified atom stereocenters. The molecule has 0 aliphatic rings. The van der Waals surface area contributed by atoms with Crippen LogP contribution in [0.5, 0.6) is 0 Å². The molecule has 4 nitrogen and oxygen atoms in total. The molecule has 6 heteroatoms. The first-order valence-corrected chi connectivity index (χ1v) is 7.15. The molecule has 0 aliphatic carbocycles. The maximum absolute atomic E-state index is 13.6. The smallest absolute Gasteiger partial charge is 0.328 e. The fourth-order valence-corrected chi connectivity index (χ4v) is 2.43. The largest absolute Gasteiger partial charge is 0.478 e. The van der Waals surface area contributed by atoms with Crippen LogP contribution in [0.2, 0.25) is 0 Å². The van der Waals surface area contributed by atoms with Crippen molar-refractivity contribution < 1.29 is 14.3 Å². The van der Waals surface area contributed by atoms with Gasteiger partial charge in [-0.15, -0.1) is 0 Å². The Kier molecular flexibility index (Phi) is 5.05. The van der Waals surface area contributed by atoms with Crippen molar-refractivity contribution in [2.45, 2.75) is 17.8 Å². The highest BCUT2D eigenvalue weighted by Gasteiger charge is 2.04. The summed E-state index contributed by atoms with van der Waals surface area (Å²) in [5, 5.41) is 9.24. The van der Waals surface area contributed by atoms with Crippen molar-refractivity contribution in [2.24, 2.45) is 0 Å². The minimum absolute atomic E-state index is 0.251. The first kappa shape index (κ1) is 15.2. The Bertz CT molecular complexity index is 689. The van der Waals surface area contributed by atoms with Gasteiger partial charge in [0.25, 0.3) is 0 Å². The van der Waals surface area contributed by atoms with Gasteiger partial charge in [0.15, 0.2) is 5.16 Å². The van der Waals surface area contributed by atoms with Gasteiger partial charge in [-0.1, -0.05) is 17.8 Å². The predicted octanol–water partition coefficient (Wildman–Crippen LogP) is 3.31. The second kappa shape index (κ2) is 6.99. The summed E-state index contributed by atoms with van der Waals surface area (Å²) in [7, 11) is 0. The zero-order chi connectivity index (χ0) is 15.2. The summed E-state index contributed by atoms with van der Waals surface area (Å²) < 4.78 is 13.6. The molecule has 0 spiro atoms. The third-order valence-electron chi connectivity index (χ3n) is 2.61. The van der Waals surface area contributed by atoms with E-state index in [1.165, 1.54) is 23.9 Å². The summed E-state index contributed by atoms with van der Waals surface area (Å²) >= 11 is 1.44. The Morgan fingerprint density at radius 1 is 1.43 bits per heavy atom. The highest BCUT2D eigenvalue weighted by atomic mass is 32.2. The molecule has 108 valence electrons. The number of nitrogens with zero attached hydrogens (tertiary/aromatic N) is 2. The number of rotatable bonds is 5. The Morgan fingerprint density at radius 3 is 2.95 bits per heavy atom. The van der Waals surface area contributed by atoms with Gasteiger partial charge in [0, 0.05) is 29.3 Å². The minimum atomic E-state index is -1.11. The van der Waals surface area contributed by atoms with Crippen molar-refractivity contribution in [3.05, 3.63) is 59.2 Å². The fourth-order valence-electron chi connectivity index (χ4n) is 1.62. The van der Waals surface area contributed by atoms with Gasteiger partial charge >= 0.3 is 5.97 Å². The zero-order valence-corrected chi connectivity index (χ0v) is 12.1. The van der Waals surface area contributed by atoms with Crippen LogP contribution < -0.4 is 0 Å². The maximum Gasteiger partial charge on any atom is 0.328 e. The molecule has 2 aromatic rings. The standard InChI is InChI=1S/C15H13FN2O2S/c1-10-6-7-17-15(18-10)21-9-11-2-4-13(16)12(8-11)3-5-14(19)20/h2-8H,9H2,1H3,(H,19,20). The van der Waals surface area contributed by atoms with Crippen molar-refractivity contribution in [1.82, 2.24) is 9.97 Å². The van der Waals surface area contributed by atoms with Crippen molar-refractivity contribution in [3.63, 3.8) is 0 Å². The topological polar surface area (TPSA) is 63.1 Å². The van der Waals surface area contributed by atoms with Crippen molar-refractivity contribution in [1.29, 1.82) is 0 Å². The van der Waals surface area contributed by atoms with Gasteiger partial charge in [-0.3, -0.25) is 0 Å². The molecule has 0 saturated carbocycles. The number of carboxylic acid groups (broad SMARTS) is 1. The first-order valence-electron chi connectivity index (χ1n) is 6.16. The molecule has 1 heterocycles. The van der Waals surface area contributed by atoms with E-state index in [0.717, 1.165) is 17.3 Å². The number of aliphatic carboxylic acids is 1. The number of halogens is 1. The quantitative estimate of drug-likeness (QED) is 0.521. The number of hydrogen-bond acceptors (Lipinski definition) is 4. The van der Waals surface area contributed by atoms with E-state index in [1.54, 1.807) is 18.3 Å². The lowest BCUT2D eigenvalue weighted by Crippen LogP contribution is -1.92. The number of aryl methyl sites for hydroxylation is 1. The lowest BCUT2D eigenvalue weighted by atomic mass is 10.1. The van der Waals surface area contributed by atoms with Gasteiger partial charge in [0.05, 0.1) is 0 Å². The molecule has 0 saturated heterocycles. The van der Waals surface area contributed by atoms with Gasteiger partial charge in [-0.2, -0.15) is 0 Å². The van der Waals surface area contributed by atoms with Crippen molar-refractivity contribution >= 4 is 23.8 Å². The summed E-state index contributed by atoms with van der Waals surface area (Å²) in [4.78, 5) is 18.9. The zero-order valence-electron chi connectivity index (χ0n) is 11.3. The molecule has 21 heavy (non-hydrogen) atoms. The van der Waals surface area contributed by atoms with Gasteiger partial charge < -0.3 is 5.11 Å². The van der Waals surface area contributed by atoms with Crippen LogP contribution in [0.4, 0.5) is 4.39 Å². The second-order valence-electron chi connectivity index (χ2n) is 4.30. The molecule has 0 atom stereocenters. The number of carboxylic acids is 1. The summed E-state index contributed by atoms with van der Waals surface area (Å²) in [6.07, 6.45) is 3.85. The van der Waals surface area contributed by atoms with Crippen molar-refractivity contribution in [2.75, 3.05) is 0 Å². The van der Waals surface area contributed by atoms with E-state index in [0.29, 0.717) is 10.9 Å². The van der Waals surface area contributed by atoms with Crippen LogP contribution in [0.25, 0.3) is 6.08 Å². The molecule has 0 radical (unpaired) electrons. The number of thioether (sulfide) groups is 1. The normalized spacial score (nSPS) is 11.0. The number of benzene rings is 1. The Balaban J connectivity index is 2.10. The molecule has 0 amide bonds. The Morgan fingerprint density at radius 2 is 2.24 bits per heavy atom. The summed E-state index contributed by atoms with van der Waals surface area (Å²) in [5.74, 6) is -0.979. The first-order chi connectivity index (χ1) is 10.0. The van der Waals surface area contributed by atoms with E-state index in [2.05, 4.69) is 9.97 Å². The van der Waals surface area contributed by atoms with E-state index in [4.69, 9.17) is 5.11 Å². The number of hydrogen-bond donors (Lipinski definition) is 1. The second-order valence-corrected chi connectivity index (χ2v) is 5.24. The van der Waals surface area contributed by atoms with E-state index >= 15 is 0 Å². The Labute approximate surface area is 125 Å². The van der Waals surface area contributed by atoms with Crippen LogP contribution in [0.3, 0.4) is 0 Å². The van der Waals surface area contributed by atoms with E-state index < -0.39 is 11.8 Å². The molecular formula is C15H13FN2O2S. The average Bonchev–Trinajstić information content (AvgIpc) is 2.45.